The third kappa shape index (κ3) is 17.5. The number of anilines is 12. The fourth-order valence-electron chi connectivity index (χ4n) is 11.6. The third-order valence-corrected chi connectivity index (χ3v) is 16.5. The van der Waals surface area contributed by atoms with Gasteiger partial charge in [-0.3, -0.25) is 0 Å². The summed E-state index contributed by atoms with van der Waals surface area (Å²) in [4.78, 5) is 8.97. The summed E-state index contributed by atoms with van der Waals surface area (Å²) in [5, 5.41) is 0. The molecule has 12 heteroatoms. The van der Waals surface area contributed by atoms with Gasteiger partial charge in [-0.25, -0.2) is 0 Å². The largest absolute Gasteiger partial charge is 0.497 e. The van der Waals surface area contributed by atoms with Crippen LogP contribution in [0.1, 0.15) is 36.1 Å². The van der Waals surface area contributed by atoms with Crippen molar-refractivity contribution in [1.29, 1.82) is 0 Å². The van der Waals surface area contributed by atoms with E-state index in [1.807, 2.05) is 62.4 Å². The molecule has 12 aromatic carbocycles. The van der Waals surface area contributed by atoms with Crippen LogP contribution in [0.15, 0.2) is 291 Å². The summed E-state index contributed by atoms with van der Waals surface area (Å²) in [6, 6.07) is 101. The van der Waals surface area contributed by atoms with Crippen molar-refractivity contribution in [2.75, 3.05) is 76.5 Å². The van der Waals surface area contributed by atoms with Crippen LogP contribution in [0, 0.1) is 0 Å². The standard InChI is InChI=1S/2C42H40N2O4.C2H6/c2*1-45-29-31-5-13-35(14-6-31)43(36-15-7-32(8-16-36)30-46-2)37-17-9-33(10-18-37)34-11-19-38(20-12-34)44(39-21-25-41(47-3)26-22-39)40-23-27-42(48-4)28-24-40;1-2/h2*5-28H,29-30H2,1-4H3;1-2H3. The maximum Gasteiger partial charge on any atom is 0.119 e. The number of methoxy groups -OCH3 is 8. The van der Waals surface area contributed by atoms with Gasteiger partial charge in [0, 0.05) is 96.7 Å². The van der Waals surface area contributed by atoms with Gasteiger partial charge in [0.15, 0.2) is 0 Å². The molecule has 0 radical (unpaired) electrons. The van der Waals surface area contributed by atoms with Gasteiger partial charge in [0.25, 0.3) is 0 Å². The second-order valence-corrected chi connectivity index (χ2v) is 22.7. The molecule has 0 aromatic heterocycles. The zero-order chi connectivity index (χ0) is 68.6. The van der Waals surface area contributed by atoms with Crippen molar-refractivity contribution in [2.45, 2.75) is 40.3 Å². The quantitative estimate of drug-likeness (QED) is 0.0517. The number of hydrogen-bond acceptors (Lipinski definition) is 12. The Hall–Kier alpha value is -11.1. The van der Waals surface area contributed by atoms with Crippen LogP contribution in [0.25, 0.3) is 22.3 Å². The maximum absolute atomic E-state index is 5.41. The Bertz CT molecular complexity index is 3830. The van der Waals surface area contributed by atoms with Crippen LogP contribution in [0.2, 0.25) is 0 Å². The van der Waals surface area contributed by atoms with Crippen molar-refractivity contribution < 1.29 is 37.9 Å². The summed E-state index contributed by atoms with van der Waals surface area (Å²) >= 11 is 0. The lowest BCUT2D eigenvalue weighted by Gasteiger charge is -2.26. The molecule has 12 aromatic rings. The Morgan fingerprint density at radius 3 is 0.418 bits per heavy atom. The van der Waals surface area contributed by atoms with Gasteiger partial charge in [-0.05, 0) is 239 Å². The van der Waals surface area contributed by atoms with Gasteiger partial charge in [-0.15, -0.1) is 0 Å². The molecule has 0 bridgehead atoms. The number of ether oxygens (including phenoxy) is 8. The van der Waals surface area contributed by atoms with Crippen molar-refractivity contribution in [1.82, 2.24) is 0 Å². The Morgan fingerprint density at radius 1 is 0.173 bits per heavy atom. The minimum Gasteiger partial charge on any atom is -0.497 e. The summed E-state index contributed by atoms with van der Waals surface area (Å²) in [5.41, 5.74) is 21.7. The molecule has 12 nitrogen and oxygen atoms in total. The monoisotopic (exact) mass is 1300 g/mol. The highest BCUT2D eigenvalue weighted by atomic mass is 16.5. The SMILES string of the molecule is CC.COCc1ccc(N(c2ccc(COC)cc2)c2ccc(-c3ccc(N(c4ccc(OC)cc4)c4ccc(OC)cc4)cc3)cc2)cc1.COCc1ccc(N(c2ccc(COC)cc2)c2ccc(-c3ccc(N(c4ccc(OC)cc4)c4ccc(OC)cc4)cc3)cc2)cc1. The molecule has 0 fully saturated rings. The fourth-order valence-corrected chi connectivity index (χ4v) is 11.6. The highest BCUT2D eigenvalue weighted by Crippen LogP contribution is 2.42. The minimum absolute atomic E-state index is 0.581. The topological polar surface area (TPSA) is 86.8 Å². The van der Waals surface area contributed by atoms with E-state index in [2.05, 4.69) is 262 Å². The molecule has 98 heavy (non-hydrogen) atoms. The first-order valence-corrected chi connectivity index (χ1v) is 32.7. The number of nitrogens with zero attached hydrogens (tertiary/aromatic N) is 4. The van der Waals surface area contributed by atoms with Crippen molar-refractivity contribution >= 4 is 68.2 Å². The van der Waals surface area contributed by atoms with Crippen LogP contribution in [-0.4, -0.2) is 56.9 Å². The summed E-state index contributed by atoms with van der Waals surface area (Å²) < 4.78 is 43.0. The Balaban J connectivity index is 0.000000207. The van der Waals surface area contributed by atoms with E-state index >= 15 is 0 Å². The zero-order valence-corrected chi connectivity index (χ0v) is 57.6. The summed E-state index contributed by atoms with van der Waals surface area (Å²) in [5.74, 6) is 3.27. The molecule has 0 unspecified atom stereocenters. The molecule has 0 saturated carbocycles. The minimum atomic E-state index is 0.581. The average Bonchev–Trinajstić information content (AvgIpc) is 0.825. The van der Waals surface area contributed by atoms with E-state index < -0.39 is 0 Å². The molecule has 0 spiro atoms. The molecule has 0 aliphatic carbocycles. The molecule has 0 heterocycles. The van der Waals surface area contributed by atoms with E-state index in [1.165, 1.54) is 0 Å². The van der Waals surface area contributed by atoms with E-state index in [1.54, 1.807) is 56.9 Å². The van der Waals surface area contributed by atoms with Crippen molar-refractivity contribution in [3.8, 4) is 45.3 Å². The number of rotatable bonds is 26. The molecule has 0 amide bonds. The van der Waals surface area contributed by atoms with Gasteiger partial charge in [0.05, 0.1) is 54.9 Å². The smallest absolute Gasteiger partial charge is 0.119 e. The van der Waals surface area contributed by atoms with Gasteiger partial charge >= 0.3 is 0 Å². The second-order valence-electron chi connectivity index (χ2n) is 22.7. The molecule has 498 valence electrons. The molecule has 0 aliphatic heterocycles. The molecule has 0 atom stereocenters. The maximum atomic E-state index is 5.41. The van der Waals surface area contributed by atoms with Gasteiger partial charge in [-0.2, -0.15) is 0 Å². The van der Waals surface area contributed by atoms with E-state index in [9.17, 15) is 0 Å². The zero-order valence-electron chi connectivity index (χ0n) is 57.6. The van der Waals surface area contributed by atoms with E-state index in [0.29, 0.717) is 26.4 Å². The first-order chi connectivity index (χ1) is 48.2. The first-order valence-electron chi connectivity index (χ1n) is 32.7. The Kier molecular flexibility index (Phi) is 24.9. The van der Waals surface area contributed by atoms with Crippen LogP contribution in [0.5, 0.6) is 23.0 Å². The lowest BCUT2D eigenvalue weighted by atomic mass is 10.0. The molecule has 0 saturated heterocycles. The molecular formula is C86H86N4O8. The van der Waals surface area contributed by atoms with Gasteiger partial charge in [0.1, 0.15) is 23.0 Å². The summed E-state index contributed by atoms with van der Waals surface area (Å²) in [6.45, 7) is 6.32. The predicted octanol–water partition coefficient (Wildman–Crippen LogP) is 22.2. The lowest BCUT2D eigenvalue weighted by molar-refractivity contribution is 0.185. The fraction of sp³-hybridized carbons (Fsp3) is 0.163. The molecular weight excluding hydrogens is 1220 g/mol. The van der Waals surface area contributed by atoms with E-state index in [0.717, 1.165) is 136 Å². The normalized spacial score (nSPS) is 10.7. The first kappa shape index (κ1) is 69.7. The average molecular weight is 1300 g/mol. The number of hydrogen-bond donors (Lipinski definition) is 0. The van der Waals surface area contributed by atoms with Gasteiger partial charge < -0.3 is 57.5 Å². The van der Waals surface area contributed by atoms with Crippen LogP contribution in [-0.2, 0) is 45.4 Å². The molecule has 12 rings (SSSR count). The highest BCUT2D eigenvalue weighted by molar-refractivity contribution is 5.84. The van der Waals surface area contributed by atoms with Gasteiger partial charge in [-0.1, -0.05) is 111 Å². The second kappa shape index (κ2) is 35.0. The summed E-state index contributed by atoms with van der Waals surface area (Å²) in [7, 11) is 13.6. The lowest BCUT2D eigenvalue weighted by Crippen LogP contribution is -2.10. The predicted molar refractivity (Wildman–Crippen MR) is 403 cm³/mol. The summed E-state index contributed by atoms with van der Waals surface area (Å²) in [6.07, 6.45) is 0. The number of benzene rings is 12. The van der Waals surface area contributed by atoms with Crippen molar-refractivity contribution in [2.24, 2.45) is 0 Å². The molecule has 0 N–H and O–H groups in total. The van der Waals surface area contributed by atoms with Crippen molar-refractivity contribution in [3.05, 3.63) is 313 Å². The highest BCUT2D eigenvalue weighted by Gasteiger charge is 2.19. The third-order valence-electron chi connectivity index (χ3n) is 16.5. The van der Waals surface area contributed by atoms with Crippen LogP contribution >= 0.6 is 0 Å². The van der Waals surface area contributed by atoms with E-state index in [-0.39, 0.29) is 0 Å². The van der Waals surface area contributed by atoms with Crippen LogP contribution < -0.4 is 38.5 Å². The van der Waals surface area contributed by atoms with Crippen molar-refractivity contribution in [3.63, 3.8) is 0 Å². The Labute approximate surface area is 578 Å². The van der Waals surface area contributed by atoms with Crippen LogP contribution in [0.3, 0.4) is 0 Å². The Morgan fingerprint density at radius 2 is 0.296 bits per heavy atom. The van der Waals surface area contributed by atoms with Gasteiger partial charge in [0.2, 0.25) is 0 Å². The molecule has 0 aliphatic rings. The van der Waals surface area contributed by atoms with Crippen LogP contribution in [0.4, 0.5) is 68.2 Å². The van der Waals surface area contributed by atoms with E-state index in [4.69, 9.17) is 37.9 Å².